The molecule has 0 bridgehead atoms. The Balaban J connectivity index is 1.76. The summed E-state index contributed by atoms with van der Waals surface area (Å²) >= 11 is 0. The van der Waals surface area contributed by atoms with E-state index in [0.717, 1.165) is 9.87 Å². The molecule has 0 atom stereocenters. The van der Waals surface area contributed by atoms with Gasteiger partial charge in [0.05, 0.1) is 24.1 Å². The minimum Gasteiger partial charge on any atom is -0.465 e. The van der Waals surface area contributed by atoms with Gasteiger partial charge in [-0.3, -0.25) is 4.79 Å². The molecule has 0 radical (unpaired) electrons. The van der Waals surface area contributed by atoms with Crippen molar-refractivity contribution in [2.75, 3.05) is 32.1 Å². The number of fused-ring (bicyclic) bond motifs is 1. The first kappa shape index (κ1) is 19.1. The number of anilines is 1. The van der Waals surface area contributed by atoms with Gasteiger partial charge in [0, 0.05) is 19.3 Å². The number of carbonyl (C=O) groups excluding carboxylic acids is 2. The third-order valence-electron chi connectivity index (χ3n) is 4.51. The largest absolute Gasteiger partial charge is 0.465 e. The molecule has 0 aromatic heterocycles. The van der Waals surface area contributed by atoms with Gasteiger partial charge in [-0.05, 0) is 42.3 Å². The van der Waals surface area contributed by atoms with Crippen LogP contribution in [0.3, 0.4) is 0 Å². The van der Waals surface area contributed by atoms with Gasteiger partial charge in [0.15, 0.2) is 0 Å². The van der Waals surface area contributed by atoms with Crippen LogP contribution in [0.2, 0.25) is 0 Å². The lowest BCUT2D eigenvalue weighted by Crippen LogP contribution is -2.40. The Bertz CT molecular complexity index is 973. The van der Waals surface area contributed by atoms with E-state index in [-0.39, 0.29) is 17.3 Å². The molecule has 0 N–H and O–H groups in total. The summed E-state index contributed by atoms with van der Waals surface area (Å²) in [6.45, 7) is 0.174. The van der Waals surface area contributed by atoms with Gasteiger partial charge >= 0.3 is 5.97 Å². The number of rotatable bonds is 5. The molecule has 1 heterocycles. The highest BCUT2D eigenvalue weighted by Gasteiger charge is 2.29. The zero-order chi connectivity index (χ0) is 19.6. The minimum absolute atomic E-state index is 0.143. The second-order valence-electron chi connectivity index (χ2n) is 6.20. The summed E-state index contributed by atoms with van der Waals surface area (Å²) in [7, 11) is -1.04. The van der Waals surface area contributed by atoms with E-state index in [2.05, 4.69) is 0 Å². The third-order valence-corrected chi connectivity index (χ3v) is 6.32. The van der Waals surface area contributed by atoms with Crippen LogP contribution in [-0.2, 0) is 26.0 Å². The maximum absolute atomic E-state index is 12.7. The summed E-state index contributed by atoms with van der Waals surface area (Å²) < 4.78 is 30.9. The normalized spacial score (nSPS) is 13.5. The van der Waals surface area contributed by atoms with E-state index in [1.807, 2.05) is 0 Å². The van der Waals surface area contributed by atoms with E-state index in [9.17, 15) is 18.0 Å². The van der Waals surface area contributed by atoms with Crippen LogP contribution in [0.1, 0.15) is 15.9 Å². The van der Waals surface area contributed by atoms with Crippen molar-refractivity contribution in [3.8, 4) is 0 Å². The van der Waals surface area contributed by atoms with E-state index in [1.54, 1.807) is 41.3 Å². The molecule has 1 aliphatic rings. The van der Waals surface area contributed by atoms with E-state index in [0.29, 0.717) is 24.2 Å². The van der Waals surface area contributed by atoms with Crippen molar-refractivity contribution in [2.24, 2.45) is 0 Å². The molecule has 2 aromatic carbocycles. The number of nitrogens with zero attached hydrogens (tertiary/aromatic N) is 2. The standard InChI is InChI=1S/C19H20N2O5S/c1-20(27(24,25)16-6-4-3-5-7-16)13-18(22)21-11-10-14-12-15(19(23)26-2)8-9-17(14)21/h3-9,12H,10-11,13H2,1-2H3. The first-order valence-electron chi connectivity index (χ1n) is 8.37. The highest BCUT2D eigenvalue weighted by Crippen LogP contribution is 2.29. The van der Waals surface area contributed by atoms with Crippen LogP contribution in [0.15, 0.2) is 53.4 Å². The lowest BCUT2D eigenvalue weighted by atomic mass is 10.1. The van der Waals surface area contributed by atoms with Crippen molar-refractivity contribution in [1.29, 1.82) is 0 Å². The second kappa shape index (κ2) is 7.50. The molecule has 8 heteroatoms. The average Bonchev–Trinajstić information content (AvgIpc) is 3.11. The number of hydrogen-bond acceptors (Lipinski definition) is 5. The zero-order valence-corrected chi connectivity index (χ0v) is 15.9. The number of sulfonamides is 1. The molecule has 3 rings (SSSR count). The predicted molar refractivity (Wildman–Crippen MR) is 100 cm³/mol. The molecule has 27 heavy (non-hydrogen) atoms. The number of hydrogen-bond donors (Lipinski definition) is 0. The smallest absolute Gasteiger partial charge is 0.337 e. The molecule has 2 aromatic rings. The summed E-state index contributed by atoms with van der Waals surface area (Å²) in [5, 5.41) is 0. The van der Waals surface area contributed by atoms with Crippen molar-refractivity contribution in [3.05, 3.63) is 59.7 Å². The summed E-state index contributed by atoms with van der Waals surface area (Å²) in [5.41, 5.74) is 1.98. The van der Waals surface area contributed by atoms with Gasteiger partial charge in [0.2, 0.25) is 15.9 Å². The Labute approximate surface area is 158 Å². The maximum Gasteiger partial charge on any atom is 0.337 e. The fraction of sp³-hybridized carbons (Fsp3) is 0.263. The molecular weight excluding hydrogens is 368 g/mol. The van der Waals surface area contributed by atoms with Crippen LogP contribution in [0.4, 0.5) is 5.69 Å². The van der Waals surface area contributed by atoms with Gasteiger partial charge in [0.1, 0.15) is 0 Å². The van der Waals surface area contributed by atoms with Gasteiger partial charge in [-0.25, -0.2) is 13.2 Å². The van der Waals surface area contributed by atoms with Gasteiger partial charge in [0.25, 0.3) is 0 Å². The number of amides is 1. The number of esters is 1. The third kappa shape index (κ3) is 3.72. The van der Waals surface area contributed by atoms with Gasteiger partial charge in [-0.1, -0.05) is 18.2 Å². The molecule has 0 aliphatic carbocycles. The Morgan fingerprint density at radius 1 is 1.15 bits per heavy atom. The quantitative estimate of drug-likeness (QED) is 0.728. The van der Waals surface area contributed by atoms with E-state index >= 15 is 0 Å². The van der Waals surface area contributed by atoms with E-state index < -0.39 is 16.0 Å². The molecule has 0 unspecified atom stereocenters. The molecule has 0 saturated carbocycles. The number of ether oxygens (including phenoxy) is 1. The second-order valence-corrected chi connectivity index (χ2v) is 8.25. The van der Waals surface area contributed by atoms with Gasteiger partial charge in [-0.2, -0.15) is 4.31 Å². The lowest BCUT2D eigenvalue weighted by Gasteiger charge is -2.22. The fourth-order valence-electron chi connectivity index (χ4n) is 3.04. The molecule has 0 spiro atoms. The SMILES string of the molecule is COC(=O)c1ccc2c(c1)CCN2C(=O)CN(C)S(=O)(=O)c1ccccc1. The number of likely N-dealkylation sites (N-methyl/N-ethyl adjacent to an activating group) is 1. The summed E-state index contributed by atoms with van der Waals surface area (Å²) in [5.74, 6) is -0.752. The maximum atomic E-state index is 12.7. The van der Waals surface area contributed by atoms with E-state index in [1.165, 1.54) is 26.3 Å². The Kier molecular flexibility index (Phi) is 5.29. The molecular formula is C19H20N2O5S. The first-order valence-corrected chi connectivity index (χ1v) is 9.81. The monoisotopic (exact) mass is 388 g/mol. The molecule has 7 nitrogen and oxygen atoms in total. The Morgan fingerprint density at radius 2 is 1.85 bits per heavy atom. The minimum atomic E-state index is -3.74. The van der Waals surface area contributed by atoms with Gasteiger partial charge < -0.3 is 9.64 Å². The van der Waals surface area contributed by atoms with Gasteiger partial charge in [-0.15, -0.1) is 0 Å². The van der Waals surface area contributed by atoms with E-state index in [4.69, 9.17) is 4.74 Å². The van der Waals surface area contributed by atoms with Crippen molar-refractivity contribution in [3.63, 3.8) is 0 Å². The number of methoxy groups -OCH3 is 1. The Hall–Kier alpha value is -2.71. The highest BCUT2D eigenvalue weighted by molar-refractivity contribution is 7.89. The Morgan fingerprint density at radius 3 is 2.52 bits per heavy atom. The zero-order valence-electron chi connectivity index (χ0n) is 15.1. The van der Waals surface area contributed by atoms with Crippen LogP contribution < -0.4 is 4.90 Å². The highest BCUT2D eigenvalue weighted by atomic mass is 32.2. The van der Waals surface area contributed by atoms with Crippen LogP contribution in [-0.4, -0.2) is 51.8 Å². The van der Waals surface area contributed by atoms with Crippen LogP contribution >= 0.6 is 0 Å². The predicted octanol–water partition coefficient (Wildman–Crippen LogP) is 1.68. The molecule has 1 amide bonds. The van der Waals surface area contributed by atoms with Crippen molar-refractivity contribution >= 4 is 27.6 Å². The first-order chi connectivity index (χ1) is 12.8. The van der Waals surface area contributed by atoms with Crippen LogP contribution in [0, 0.1) is 0 Å². The van der Waals surface area contributed by atoms with Crippen molar-refractivity contribution in [2.45, 2.75) is 11.3 Å². The van der Waals surface area contributed by atoms with Crippen LogP contribution in [0.5, 0.6) is 0 Å². The summed E-state index contributed by atoms with van der Waals surface area (Å²) in [4.78, 5) is 26.0. The molecule has 142 valence electrons. The average molecular weight is 388 g/mol. The number of carbonyl (C=O) groups is 2. The summed E-state index contributed by atoms with van der Waals surface area (Å²) in [6, 6.07) is 13.0. The van der Waals surface area contributed by atoms with Crippen molar-refractivity contribution in [1.82, 2.24) is 4.31 Å². The van der Waals surface area contributed by atoms with Crippen molar-refractivity contribution < 1.29 is 22.7 Å². The topological polar surface area (TPSA) is 84.0 Å². The number of benzene rings is 2. The molecule has 1 aliphatic heterocycles. The molecule has 0 fully saturated rings. The summed E-state index contributed by atoms with van der Waals surface area (Å²) in [6.07, 6.45) is 0.598. The lowest BCUT2D eigenvalue weighted by molar-refractivity contribution is -0.118. The fourth-order valence-corrected chi connectivity index (χ4v) is 4.18. The molecule has 0 saturated heterocycles. The van der Waals surface area contributed by atoms with Crippen LogP contribution in [0.25, 0.3) is 0 Å².